The van der Waals surface area contributed by atoms with E-state index in [2.05, 4.69) is 30.8 Å². The molecule has 0 unspecified atom stereocenters. The molecule has 3 N–H and O–H groups in total. The Morgan fingerprint density at radius 2 is 1.77 bits per heavy atom. The first-order chi connectivity index (χ1) is 17.0. The molecular weight excluding hydrogens is 468 g/mol. The van der Waals surface area contributed by atoms with E-state index in [1.165, 1.54) is 32.1 Å². The molecule has 9 nitrogen and oxygen atoms in total. The number of amides is 2. The summed E-state index contributed by atoms with van der Waals surface area (Å²) in [6, 6.07) is 7.27. The van der Waals surface area contributed by atoms with Crippen LogP contribution in [0.4, 0.5) is 17.3 Å². The summed E-state index contributed by atoms with van der Waals surface area (Å²) in [6.45, 7) is 2.34. The Balaban J connectivity index is 1.36. The van der Waals surface area contributed by atoms with Crippen molar-refractivity contribution in [3.8, 4) is 0 Å². The van der Waals surface area contributed by atoms with E-state index in [0.717, 1.165) is 25.7 Å². The first-order valence-corrected chi connectivity index (χ1v) is 12.5. The van der Waals surface area contributed by atoms with E-state index in [9.17, 15) is 9.59 Å². The van der Waals surface area contributed by atoms with Crippen LogP contribution in [0.1, 0.15) is 49.1 Å². The Morgan fingerprint density at radius 1 is 1.03 bits per heavy atom. The zero-order chi connectivity index (χ0) is 24.4. The van der Waals surface area contributed by atoms with Gasteiger partial charge in [0.15, 0.2) is 5.58 Å². The maximum atomic E-state index is 13.3. The van der Waals surface area contributed by atoms with Crippen LogP contribution in [0.3, 0.4) is 0 Å². The summed E-state index contributed by atoms with van der Waals surface area (Å²) in [6.07, 6.45) is 7.67. The predicted octanol–water partition coefficient (Wildman–Crippen LogP) is 4.76. The summed E-state index contributed by atoms with van der Waals surface area (Å²) < 4.78 is 5.85. The zero-order valence-corrected chi connectivity index (χ0v) is 20.4. The first kappa shape index (κ1) is 23.6. The summed E-state index contributed by atoms with van der Waals surface area (Å²) in [4.78, 5) is 37.6. The third kappa shape index (κ3) is 5.11. The van der Waals surface area contributed by atoms with Crippen molar-refractivity contribution < 1.29 is 14.0 Å². The van der Waals surface area contributed by atoms with Gasteiger partial charge in [-0.15, -0.1) is 0 Å². The van der Waals surface area contributed by atoms with Gasteiger partial charge in [-0.2, -0.15) is 0 Å². The number of nitrogens with one attached hydrogen (secondary N) is 3. The lowest BCUT2D eigenvalue weighted by molar-refractivity contribution is -0.121. The molecule has 3 aromatic rings. The fourth-order valence-corrected chi connectivity index (χ4v) is 5.16. The van der Waals surface area contributed by atoms with Gasteiger partial charge in [-0.05, 0) is 75.9 Å². The molecule has 1 saturated heterocycles. The second-order valence-corrected chi connectivity index (χ2v) is 9.59. The summed E-state index contributed by atoms with van der Waals surface area (Å²) >= 11 is 5.89. The highest BCUT2D eigenvalue weighted by Crippen LogP contribution is 2.34. The van der Waals surface area contributed by atoms with Gasteiger partial charge in [0, 0.05) is 25.2 Å². The average Bonchev–Trinajstić information content (AvgIpc) is 3.54. The lowest BCUT2D eigenvalue weighted by Crippen LogP contribution is -2.38. The van der Waals surface area contributed by atoms with E-state index in [0.29, 0.717) is 33.8 Å². The van der Waals surface area contributed by atoms with Crippen molar-refractivity contribution in [2.75, 3.05) is 36.1 Å². The second kappa shape index (κ2) is 10.2. The van der Waals surface area contributed by atoms with Crippen LogP contribution < -0.4 is 16.0 Å². The minimum Gasteiger partial charge on any atom is -0.447 e. The molecule has 0 spiro atoms. The number of rotatable bonds is 6. The fourth-order valence-electron chi connectivity index (χ4n) is 5.05. The molecule has 35 heavy (non-hydrogen) atoms. The minimum atomic E-state index is -0.531. The Labute approximate surface area is 208 Å². The van der Waals surface area contributed by atoms with Gasteiger partial charge in [0.2, 0.25) is 11.7 Å². The van der Waals surface area contributed by atoms with Crippen molar-refractivity contribution in [3.63, 3.8) is 0 Å². The highest BCUT2D eigenvalue weighted by atomic mass is 35.5. The van der Waals surface area contributed by atoms with Crippen molar-refractivity contribution in [1.29, 1.82) is 0 Å². The standard InChI is InChI=1S/C25H29ClN6O3/c1-27-19-11-9-18-21(29-19)22(23(35-18)25(34)30-20-10-6-16(26)14-28-20)31-24(33)15-4-7-17(8-5-15)32-12-2-3-13-32/h6,9-11,14-15,17H,2-5,7-8,12-13H2,1H3,(H,27,29)(H,31,33)(H,28,30,34). The highest BCUT2D eigenvalue weighted by Gasteiger charge is 2.32. The number of furan rings is 1. The van der Waals surface area contributed by atoms with E-state index in [-0.39, 0.29) is 23.3 Å². The third-order valence-electron chi connectivity index (χ3n) is 6.94. The second-order valence-electron chi connectivity index (χ2n) is 9.15. The number of pyridine rings is 2. The normalized spacial score (nSPS) is 20.6. The molecule has 3 aromatic heterocycles. The Bertz CT molecular complexity index is 1210. The molecule has 1 aliphatic heterocycles. The number of aromatic nitrogens is 2. The van der Waals surface area contributed by atoms with Gasteiger partial charge in [0.25, 0.3) is 5.91 Å². The Morgan fingerprint density at radius 3 is 2.46 bits per heavy atom. The number of likely N-dealkylation sites (tertiary alicyclic amines) is 1. The third-order valence-corrected chi connectivity index (χ3v) is 7.16. The van der Waals surface area contributed by atoms with E-state index in [1.807, 2.05) is 0 Å². The Kier molecular flexibility index (Phi) is 6.88. The highest BCUT2D eigenvalue weighted by molar-refractivity contribution is 6.30. The van der Waals surface area contributed by atoms with Crippen LogP contribution in [0, 0.1) is 5.92 Å². The lowest BCUT2D eigenvalue weighted by Gasteiger charge is -2.33. The molecule has 2 amide bonds. The smallest absolute Gasteiger partial charge is 0.294 e. The quantitative estimate of drug-likeness (QED) is 0.450. The number of nitrogens with zero attached hydrogens (tertiary/aromatic N) is 3. The molecule has 0 aromatic carbocycles. The number of hydrogen-bond acceptors (Lipinski definition) is 7. The van der Waals surface area contributed by atoms with Crippen LogP contribution in [0.2, 0.25) is 5.02 Å². The van der Waals surface area contributed by atoms with Gasteiger partial charge in [-0.3, -0.25) is 9.59 Å². The van der Waals surface area contributed by atoms with E-state index in [4.69, 9.17) is 16.0 Å². The summed E-state index contributed by atoms with van der Waals surface area (Å²) in [5, 5.41) is 9.12. The number of fused-ring (bicyclic) bond motifs is 1. The van der Waals surface area contributed by atoms with Crippen LogP contribution in [0.15, 0.2) is 34.9 Å². The number of carbonyl (C=O) groups is 2. The lowest BCUT2D eigenvalue weighted by atomic mass is 9.85. The van der Waals surface area contributed by atoms with Crippen LogP contribution in [-0.2, 0) is 4.79 Å². The fraction of sp³-hybridized carbons (Fsp3) is 0.440. The maximum Gasteiger partial charge on any atom is 0.294 e. The topological polar surface area (TPSA) is 112 Å². The van der Waals surface area contributed by atoms with Crippen molar-refractivity contribution in [2.24, 2.45) is 5.92 Å². The van der Waals surface area contributed by atoms with Crippen LogP contribution in [0.5, 0.6) is 0 Å². The van der Waals surface area contributed by atoms with Crippen LogP contribution in [-0.4, -0.2) is 52.9 Å². The van der Waals surface area contributed by atoms with E-state index < -0.39 is 5.91 Å². The molecule has 4 heterocycles. The van der Waals surface area contributed by atoms with Crippen molar-refractivity contribution in [1.82, 2.24) is 14.9 Å². The predicted molar refractivity (Wildman–Crippen MR) is 136 cm³/mol. The molecule has 184 valence electrons. The number of carbonyl (C=O) groups excluding carboxylic acids is 2. The van der Waals surface area contributed by atoms with Gasteiger partial charge < -0.3 is 25.3 Å². The molecule has 0 radical (unpaired) electrons. The number of halogens is 1. The van der Waals surface area contributed by atoms with Crippen molar-refractivity contribution in [2.45, 2.75) is 44.6 Å². The molecule has 1 aliphatic carbocycles. The van der Waals surface area contributed by atoms with Crippen LogP contribution in [0.25, 0.3) is 11.1 Å². The minimum absolute atomic E-state index is 0.0170. The van der Waals surface area contributed by atoms with Crippen molar-refractivity contribution in [3.05, 3.63) is 41.2 Å². The Hall–Kier alpha value is -3.17. The van der Waals surface area contributed by atoms with Gasteiger partial charge in [-0.1, -0.05) is 11.6 Å². The van der Waals surface area contributed by atoms with Crippen LogP contribution >= 0.6 is 11.6 Å². The summed E-state index contributed by atoms with van der Waals surface area (Å²) in [5.41, 5.74) is 1.10. The van der Waals surface area contributed by atoms with Gasteiger partial charge in [0.05, 0.1) is 5.02 Å². The molecule has 2 fully saturated rings. The van der Waals surface area contributed by atoms with E-state index in [1.54, 1.807) is 31.3 Å². The summed E-state index contributed by atoms with van der Waals surface area (Å²) in [7, 11) is 1.76. The average molecular weight is 497 g/mol. The van der Waals surface area contributed by atoms with Gasteiger partial charge in [0.1, 0.15) is 22.8 Å². The van der Waals surface area contributed by atoms with Crippen molar-refractivity contribution >= 4 is 51.8 Å². The van der Waals surface area contributed by atoms with Gasteiger partial charge >= 0.3 is 0 Å². The molecule has 0 atom stereocenters. The first-order valence-electron chi connectivity index (χ1n) is 12.1. The molecular formula is C25H29ClN6O3. The SMILES string of the molecule is CNc1ccc2oc(C(=O)Nc3ccc(Cl)cn3)c(NC(=O)C3CCC(N4CCCC4)CC3)c2n1. The largest absolute Gasteiger partial charge is 0.447 e. The zero-order valence-electron chi connectivity index (χ0n) is 19.6. The molecule has 5 rings (SSSR count). The molecule has 0 bridgehead atoms. The summed E-state index contributed by atoms with van der Waals surface area (Å²) in [5.74, 6) is 0.156. The molecule has 10 heteroatoms. The maximum absolute atomic E-state index is 13.3. The number of hydrogen-bond donors (Lipinski definition) is 3. The monoisotopic (exact) mass is 496 g/mol. The molecule has 1 saturated carbocycles. The molecule has 2 aliphatic rings. The van der Waals surface area contributed by atoms with E-state index >= 15 is 0 Å². The van der Waals surface area contributed by atoms with Gasteiger partial charge in [-0.25, -0.2) is 9.97 Å². The number of anilines is 3.